The summed E-state index contributed by atoms with van der Waals surface area (Å²) in [5, 5.41) is 12.0. The average Bonchev–Trinajstić information content (AvgIpc) is 3.08. The van der Waals surface area contributed by atoms with Crippen LogP contribution in [0.3, 0.4) is 0 Å². The first kappa shape index (κ1) is 19.3. The number of aliphatic hydroxyl groups excluding tert-OH is 1. The van der Waals surface area contributed by atoms with Crippen molar-refractivity contribution in [3.63, 3.8) is 0 Å². The molecule has 8 heteroatoms. The number of aromatic nitrogens is 3. The highest BCUT2D eigenvalue weighted by molar-refractivity contribution is 5.28. The van der Waals surface area contributed by atoms with Crippen molar-refractivity contribution in [3.8, 4) is 5.82 Å². The maximum Gasteiger partial charge on any atom is 0.276 e. The fraction of sp³-hybridized carbons (Fsp3) is 0.600. The molecule has 152 valence electrons. The van der Waals surface area contributed by atoms with Crippen LogP contribution in [-0.2, 0) is 17.6 Å². The molecule has 2 aromatic heterocycles. The van der Waals surface area contributed by atoms with Crippen LogP contribution in [0.25, 0.3) is 5.82 Å². The largest absolute Gasteiger partial charge is 0.394 e. The molecule has 1 saturated heterocycles. The van der Waals surface area contributed by atoms with Crippen LogP contribution in [0, 0.1) is 0 Å². The summed E-state index contributed by atoms with van der Waals surface area (Å²) in [5.74, 6) is 0.649. The molecule has 1 fully saturated rings. The van der Waals surface area contributed by atoms with E-state index in [1.807, 2.05) is 18.2 Å². The molecule has 4 rings (SSSR count). The first-order valence-corrected chi connectivity index (χ1v) is 10.2. The zero-order valence-corrected chi connectivity index (χ0v) is 16.2. The number of pyridine rings is 1. The molecule has 2 aromatic rings. The fourth-order valence-electron chi connectivity index (χ4n) is 4.25. The molecule has 0 spiro atoms. The number of piperazine rings is 1. The number of fused-ring (bicyclic) bond motifs is 1. The molecule has 2 N–H and O–H groups in total. The number of aromatic amines is 1. The third-order valence-corrected chi connectivity index (χ3v) is 5.83. The average molecular weight is 387 g/mol. The van der Waals surface area contributed by atoms with Crippen LogP contribution in [-0.4, -0.2) is 88.3 Å². The third kappa shape index (κ3) is 4.20. The molecule has 1 aliphatic carbocycles. The third-order valence-electron chi connectivity index (χ3n) is 5.83. The Hall–Kier alpha value is -2.00. The van der Waals surface area contributed by atoms with E-state index >= 15 is 0 Å². The molecule has 28 heavy (non-hydrogen) atoms. The molecule has 0 saturated carbocycles. The zero-order chi connectivity index (χ0) is 19.3. The summed E-state index contributed by atoms with van der Waals surface area (Å²) < 4.78 is 6.95. The van der Waals surface area contributed by atoms with Crippen molar-refractivity contribution < 1.29 is 9.84 Å². The van der Waals surface area contributed by atoms with Crippen molar-refractivity contribution in [2.45, 2.75) is 25.3 Å². The van der Waals surface area contributed by atoms with E-state index in [0.717, 1.165) is 63.2 Å². The lowest BCUT2D eigenvalue weighted by Gasteiger charge is -2.40. The molecule has 2 aliphatic rings. The molecular weight excluding hydrogens is 358 g/mol. The van der Waals surface area contributed by atoms with Crippen LogP contribution in [0.2, 0.25) is 0 Å². The van der Waals surface area contributed by atoms with Crippen molar-refractivity contribution in [2.75, 3.05) is 52.5 Å². The van der Waals surface area contributed by atoms with Crippen molar-refractivity contribution in [1.29, 1.82) is 0 Å². The highest BCUT2D eigenvalue weighted by atomic mass is 16.5. The number of aryl methyl sites for hydroxylation is 1. The van der Waals surface area contributed by atoms with Gasteiger partial charge in [-0.3, -0.25) is 19.7 Å². The number of nitrogens with one attached hydrogen (secondary N) is 1. The Balaban J connectivity index is 1.35. The second-order valence-electron chi connectivity index (χ2n) is 7.51. The summed E-state index contributed by atoms with van der Waals surface area (Å²) in [7, 11) is 0. The second-order valence-corrected chi connectivity index (χ2v) is 7.51. The molecule has 1 unspecified atom stereocenters. The molecule has 1 atom stereocenters. The van der Waals surface area contributed by atoms with Gasteiger partial charge in [0.05, 0.1) is 19.8 Å². The van der Waals surface area contributed by atoms with Gasteiger partial charge in [-0.2, -0.15) is 0 Å². The van der Waals surface area contributed by atoms with Crippen LogP contribution >= 0.6 is 0 Å². The predicted octanol–water partition coefficient (Wildman–Crippen LogP) is 0.0444. The molecule has 0 amide bonds. The van der Waals surface area contributed by atoms with E-state index < -0.39 is 0 Å². The van der Waals surface area contributed by atoms with Gasteiger partial charge in [-0.05, 0) is 31.4 Å². The van der Waals surface area contributed by atoms with E-state index in [1.165, 1.54) is 0 Å². The Bertz CT molecular complexity index is 811. The Labute approximate surface area is 164 Å². The summed E-state index contributed by atoms with van der Waals surface area (Å²) >= 11 is 0. The topological polar surface area (TPSA) is 86.6 Å². The second kappa shape index (κ2) is 9.00. The Morgan fingerprint density at radius 2 is 2.07 bits per heavy atom. The zero-order valence-electron chi connectivity index (χ0n) is 16.2. The van der Waals surface area contributed by atoms with Gasteiger partial charge in [0.25, 0.3) is 5.56 Å². The SMILES string of the molecule is O=c1c2c([nH]n1-c1ccccn1)CCC(N1CCN(CCOCCO)CC1)C2. The van der Waals surface area contributed by atoms with Crippen LogP contribution in [0.1, 0.15) is 17.7 Å². The lowest BCUT2D eigenvalue weighted by Crippen LogP contribution is -2.52. The lowest BCUT2D eigenvalue weighted by atomic mass is 9.92. The minimum Gasteiger partial charge on any atom is -0.394 e. The summed E-state index contributed by atoms with van der Waals surface area (Å²) in [6.07, 6.45) is 4.50. The Kier molecular flexibility index (Phi) is 6.21. The maximum absolute atomic E-state index is 12.9. The monoisotopic (exact) mass is 387 g/mol. The summed E-state index contributed by atoms with van der Waals surface area (Å²) in [4.78, 5) is 22.1. The van der Waals surface area contributed by atoms with E-state index in [1.54, 1.807) is 10.9 Å². The van der Waals surface area contributed by atoms with Gasteiger partial charge in [0.1, 0.15) is 0 Å². The number of aliphatic hydroxyl groups is 1. The Morgan fingerprint density at radius 1 is 1.21 bits per heavy atom. The van der Waals surface area contributed by atoms with Gasteiger partial charge in [-0.25, -0.2) is 9.67 Å². The molecule has 0 radical (unpaired) electrons. The summed E-state index contributed by atoms with van der Waals surface area (Å²) in [5.41, 5.74) is 2.02. The molecule has 1 aliphatic heterocycles. The van der Waals surface area contributed by atoms with Gasteiger partial charge in [0.2, 0.25) is 0 Å². The van der Waals surface area contributed by atoms with E-state index in [0.29, 0.717) is 25.1 Å². The van der Waals surface area contributed by atoms with Crippen LogP contribution < -0.4 is 5.56 Å². The van der Waals surface area contributed by atoms with Gasteiger partial charge >= 0.3 is 0 Å². The van der Waals surface area contributed by atoms with E-state index in [-0.39, 0.29) is 12.2 Å². The van der Waals surface area contributed by atoms with Crippen LogP contribution in [0.4, 0.5) is 0 Å². The molecule has 0 bridgehead atoms. The minimum atomic E-state index is 0.0399. The van der Waals surface area contributed by atoms with Crippen molar-refractivity contribution in [1.82, 2.24) is 24.6 Å². The summed E-state index contributed by atoms with van der Waals surface area (Å²) in [6.45, 7) is 6.18. The van der Waals surface area contributed by atoms with Crippen LogP contribution in [0.15, 0.2) is 29.2 Å². The number of nitrogens with zero attached hydrogens (tertiary/aromatic N) is 4. The number of hydrogen-bond acceptors (Lipinski definition) is 6. The van der Waals surface area contributed by atoms with Crippen LogP contribution in [0.5, 0.6) is 0 Å². The highest BCUT2D eigenvalue weighted by Crippen LogP contribution is 2.23. The highest BCUT2D eigenvalue weighted by Gasteiger charge is 2.30. The van der Waals surface area contributed by atoms with Crippen molar-refractivity contribution in [3.05, 3.63) is 46.0 Å². The number of ether oxygens (including phenoxy) is 1. The van der Waals surface area contributed by atoms with Crippen molar-refractivity contribution in [2.24, 2.45) is 0 Å². The van der Waals surface area contributed by atoms with E-state index in [9.17, 15) is 4.79 Å². The van der Waals surface area contributed by atoms with Gasteiger partial charge in [0, 0.05) is 56.2 Å². The smallest absolute Gasteiger partial charge is 0.276 e. The standard InChI is InChI=1S/C20H29N5O3/c26-12-14-28-13-11-23-7-9-24(10-8-23)16-4-5-18-17(15-16)20(27)25(22-18)19-3-1-2-6-21-19/h1-3,6,16,22,26H,4-5,7-15H2. The number of hydrogen-bond donors (Lipinski definition) is 2. The number of rotatable bonds is 7. The minimum absolute atomic E-state index is 0.0399. The van der Waals surface area contributed by atoms with Gasteiger partial charge in [0.15, 0.2) is 5.82 Å². The Morgan fingerprint density at radius 3 is 2.82 bits per heavy atom. The van der Waals surface area contributed by atoms with Gasteiger partial charge in [-0.15, -0.1) is 0 Å². The maximum atomic E-state index is 12.9. The lowest BCUT2D eigenvalue weighted by molar-refractivity contribution is 0.0465. The molecule has 0 aromatic carbocycles. The molecule has 8 nitrogen and oxygen atoms in total. The first-order valence-electron chi connectivity index (χ1n) is 10.2. The number of H-pyrrole nitrogens is 1. The molecule has 3 heterocycles. The van der Waals surface area contributed by atoms with Gasteiger partial charge in [-0.1, -0.05) is 6.07 Å². The van der Waals surface area contributed by atoms with E-state index in [2.05, 4.69) is 19.9 Å². The molecular formula is C20H29N5O3. The summed E-state index contributed by atoms with van der Waals surface area (Å²) in [6, 6.07) is 6.03. The van der Waals surface area contributed by atoms with Gasteiger partial charge < -0.3 is 9.84 Å². The predicted molar refractivity (Wildman–Crippen MR) is 106 cm³/mol. The fourth-order valence-corrected chi connectivity index (χ4v) is 4.25. The first-order chi connectivity index (χ1) is 13.8. The van der Waals surface area contributed by atoms with Crippen molar-refractivity contribution >= 4 is 0 Å². The van der Waals surface area contributed by atoms with E-state index in [4.69, 9.17) is 9.84 Å². The quantitative estimate of drug-likeness (QED) is 0.653. The normalized spacial score (nSPS) is 21.0.